The number of hydrogen-bond donors (Lipinski definition) is 0. The Morgan fingerprint density at radius 1 is 0.354 bits per heavy atom. The maximum atomic E-state index is 2.59. The largest absolute Gasteiger partial charge is 0.307 e. The summed E-state index contributed by atoms with van der Waals surface area (Å²) in [7, 11) is 0. The molecule has 3 heterocycles. The van der Waals surface area contributed by atoms with Gasteiger partial charge in [0.05, 0.1) is 22.7 Å². The van der Waals surface area contributed by atoms with E-state index in [4.69, 9.17) is 0 Å². The van der Waals surface area contributed by atoms with Crippen molar-refractivity contribution in [3.63, 3.8) is 0 Å². The van der Waals surface area contributed by atoms with E-state index < -0.39 is 0 Å². The zero-order valence-electron chi connectivity index (χ0n) is 29.3. The van der Waals surface area contributed by atoms with Crippen molar-refractivity contribution in [2.75, 3.05) is 9.80 Å². The molecule has 0 saturated heterocycles. The number of hydrogen-bond acceptors (Lipinski definition) is 2. The number of aryl methyl sites for hydroxylation is 8. The standard InChI is InChI=1S/C44H40B2N2/c1-25-15-17-37-35(23-25)45(41-29(5)19-27(3)20-30(41)6)33-11-9-14-40-43(33)47(37)39-13-10-12-34-44(39)48(40)38-18-16-26(2)24-36(38)46(34)42-31(7)21-28(4)22-32(42)8/h9-24H,1-8H3. The van der Waals surface area contributed by atoms with Gasteiger partial charge in [-0.3, -0.25) is 0 Å². The molecule has 0 spiro atoms. The molecule has 0 amide bonds. The van der Waals surface area contributed by atoms with Crippen LogP contribution in [0.25, 0.3) is 0 Å². The molecule has 232 valence electrons. The first-order chi connectivity index (χ1) is 23.1. The molecule has 9 rings (SSSR count). The fourth-order valence-electron chi connectivity index (χ4n) is 9.62. The van der Waals surface area contributed by atoms with E-state index in [9.17, 15) is 0 Å². The lowest BCUT2D eigenvalue weighted by Gasteiger charge is -2.49. The van der Waals surface area contributed by atoms with Gasteiger partial charge in [0.1, 0.15) is 0 Å². The number of benzene rings is 6. The average Bonchev–Trinajstić information content (AvgIpc) is 3.03. The monoisotopic (exact) mass is 618 g/mol. The van der Waals surface area contributed by atoms with E-state index in [1.165, 1.54) is 111 Å². The van der Waals surface area contributed by atoms with E-state index >= 15 is 0 Å². The molecule has 0 N–H and O–H groups in total. The fourth-order valence-corrected chi connectivity index (χ4v) is 9.62. The first kappa shape index (κ1) is 29.2. The fraction of sp³-hybridized carbons (Fsp3) is 0.182. The van der Waals surface area contributed by atoms with Crippen LogP contribution in [0.15, 0.2) is 97.1 Å². The van der Waals surface area contributed by atoms with Crippen molar-refractivity contribution < 1.29 is 0 Å². The van der Waals surface area contributed by atoms with Crippen LogP contribution in [0.2, 0.25) is 0 Å². The Morgan fingerprint density at radius 2 is 0.729 bits per heavy atom. The van der Waals surface area contributed by atoms with Crippen LogP contribution in [0.3, 0.4) is 0 Å². The highest BCUT2D eigenvalue weighted by molar-refractivity contribution is 6.99. The molecular weight excluding hydrogens is 578 g/mol. The number of anilines is 6. The van der Waals surface area contributed by atoms with E-state index in [2.05, 4.69) is 162 Å². The molecule has 0 aromatic heterocycles. The van der Waals surface area contributed by atoms with E-state index in [0.29, 0.717) is 0 Å². The second kappa shape index (κ2) is 10.3. The van der Waals surface area contributed by atoms with E-state index in [1.807, 2.05) is 0 Å². The Morgan fingerprint density at radius 3 is 1.10 bits per heavy atom. The smallest absolute Gasteiger partial charge is 0.247 e. The molecule has 6 aromatic carbocycles. The summed E-state index contributed by atoms with van der Waals surface area (Å²) in [5.74, 6) is 0. The van der Waals surface area contributed by atoms with Crippen LogP contribution in [0, 0.1) is 55.4 Å². The van der Waals surface area contributed by atoms with Crippen molar-refractivity contribution in [3.05, 3.63) is 142 Å². The molecule has 0 aliphatic carbocycles. The zero-order chi connectivity index (χ0) is 33.2. The van der Waals surface area contributed by atoms with Gasteiger partial charge in [-0.25, -0.2) is 0 Å². The SMILES string of the molecule is Cc1cc(C)c(B2c3cc(C)ccc3N3c4cccc5c4N(c4ccc(C)cc4B5c4c(C)cc(C)cc4C)c4cccc2c43)c(C)c1. The van der Waals surface area contributed by atoms with Gasteiger partial charge in [0.15, 0.2) is 0 Å². The van der Waals surface area contributed by atoms with Crippen molar-refractivity contribution in [1.29, 1.82) is 0 Å². The van der Waals surface area contributed by atoms with Crippen LogP contribution < -0.4 is 42.6 Å². The molecule has 0 unspecified atom stereocenters. The predicted octanol–water partition coefficient (Wildman–Crippen LogP) is 7.07. The van der Waals surface area contributed by atoms with Crippen LogP contribution in [-0.2, 0) is 0 Å². The van der Waals surface area contributed by atoms with Crippen molar-refractivity contribution in [3.8, 4) is 0 Å². The molecule has 0 radical (unpaired) electrons. The topological polar surface area (TPSA) is 6.48 Å². The van der Waals surface area contributed by atoms with Crippen molar-refractivity contribution in [2.24, 2.45) is 0 Å². The first-order valence-corrected chi connectivity index (χ1v) is 17.3. The quantitative estimate of drug-likeness (QED) is 0.192. The Labute approximate surface area is 286 Å². The van der Waals surface area contributed by atoms with Gasteiger partial charge in [-0.1, -0.05) is 128 Å². The summed E-state index contributed by atoms with van der Waals surface area (Å²) in [5, 5.41) is 0. The molecule has 2 nitrogen and oxygen atoms in total. The lowest BCUT2D eigenvalue weighted by molar-refractivity contribution is 1.18. The molecule has 0 atom stereocenters. The lowest BCUT2D eigenvalue weighted by atomic mass is 9.33. The minimum Gasteiger partial charge on any atom is -0.307 e. The van der Waals surface area contributed by atoms with Crippen LogP contribution in [0.5, 0.6) is 0 Å². The maximum absolute atomic E-state index is 2.59. The van der Waals surface area contributed by atoms with Crippen molar-refractivity contribution >= 4 is 80.3 Å². The van der Waals surface area contributed by atoms with Gasteiger partial charge in [0, 0.05) is 11.4 Å². The van der Waals surface area contributed by atoms with Gasteiger partial charge in [0.25, 0.3) is 0 Å². The van der Waals surface area contributed by atoms with Crippen LogP contribution in [0.4, 0.5) is 34.1 Å². The van der Waals surface area contributed by atoms with Gasteiger partial charge in [-0.05, 0) is 102 Å². The predicted molar refractivity (Wildman–Crippen MR) is 209 cm³/mol. The van der Waals surface area contributed by atoms with Crippen molar-refractivity contribution in [1.82, 2.24) is 0 Å². The minimum absolute atomic E-state index is 0.143. The van der Waals surface area contributed by atoms with Crippen molar-refractivity contribution in [2.45, 2.75) is 55.4 Å². The van der Waals surface area contributed by atoms with Gasteiger partial charge >= 0.3 is 0 Å². The van der Waals surface area contributed by atoms with E-state index in [-0.39, 0.29) is 13.4 Å². The summed E-state index contributed by atoms with van der Waals surface area (Å²) < 4.78 is 0. The third-order valence-corrected chi connectivity index (χ3v) is 11.2. The van der Waals surface area contributed by atoms with Crippen LogP contribution in [0.1, 0.15) is 44.5 Å². The van der Waals surface area contributed by atoms with Gasteiger partial charge in [-0.2, -0.15) is 0 Å². The molecule has 0 bridgehead atoms. The minimum atomic E-state index is 0.143. The molecule has 4 heteroatoms. The highest BCUT2D eigenvalue weighted by Gasteiger charge is 2.46. The van der Waals surface area contributed by atoms with Crippen LogP contribution >= 0.6 is 0 Å². The van der Waals surface area contributed by atoms with Gasteiger partial charge in [-0.15, -0.1) is 0 Å². The molecular formula is C44H40B2N2. The molecule has 3 aliphatic rings. The Kier molecular flexibility index (Phi) is 6.25. The summed E-state index contributed by atoms with van der Waals surface area (Å²) in [4.78, 5) is 5.18. The number of para-hydroxylation sites is 2. The Bertz CT molecular complexity index is 2160. The summed E-state index contributed by atoms with van der Waals surface area (Å²) in [6.07, 6.45) is 0. The third kappa shape index (κ3) is 3.95. The summed E-state index contributed by atoms with van der Waals surface area (Å²) in [5.41, 5.74) is 26.7. The van der Waals surface area contributed by atoms with E-state index in [1.54, 1.807) is 0 Å². The first-order valence-electron chi connectivity index (χ1n) is 17.3. The lowest BCUT2D eigenvalue weighted by Crippen LogP contribution is -2.62. The highest BCUT2D eigenvalue weighted by Crippen LogP contribution is 2.54. The molecule has 3 aliphatic heterocycles. The van der Waals surface area contributed by atoms with Crippen LogP contribution in [-0.4, -0.2) is 13.4 Å². The molecule has 0 fully saturated rings. The summed E-state index contributed by atoms with van der Waals surface area (Å²) in [6, 6.07) is 37.7. The number of nitrogens with zero attached hydrogens (tertiary/aromatic N) is 2. The Hall–Kier alpha value is -4.95. The average molecular weight is 618 g/mol. The maximum Gasteiger partial charge on any atom is 0.247 e. The highest BCUT2D eigenvalue weighted by atomic mass is 15.3. The summed E-state index contributed by atoms with van der Waals surface area (Å²) in [6.45, 7) is 18.4. The second-order valence-corrected chi connectivity index (χ2v) is 14.7. The number of rotatable bonds is 2. The summed E-state index contributed by atoms with van der Waals surface area (Å²) >= 11 is 0. The second-order valence-electron chi connectivity index (χ2n) is 14.7. The van der Waals surface area contributed by atoms with Gasteiger partial charge in [0.2, 0.25) is 13.4 Å². The van der Waals surface area contributed by atoms with Gasteiger partial charge < -0.3 is 9.80 Å². The zero-order valence-corrected chi connectivity index (χ0v) is 29.3. The Balaban J connectivity index is 1.39. The normalized spacial score (nSPS) is 13.7. The van der Waals surface area contributed by atoms with E-state index in [0.717, 1.165) is 0 Å². The third-order valence-electron chi connectivity index (χ3n) is 11.2. The number of fused-ring (bicyclic) bond motifs is 6. The molecule has 0 saturated carbocycles. The molecule has 48 heavy (non-hydrogen) atoms. The molecule has 6 aromatic rings.